The van der Waals surface area contributed by atoms with Crippen molar-refractivity contribution in [3.63, 3.8) is 0 Å². The molecule has 0 bridgehead atoms. The van der Waals surface area contributed by atoms with E-state index in [4.69, 9.17) is 9.47 Å². The van der Waals surface area contributed by atoms with Gasteiger partial charge in [0, 0.05) is 24.2 Å². The summed E-state index contributed by atoms with van der Waals surface area (Å²) < 4.78 is 23.9. The molecule has 5 heteroatoms. The lowest BCUT2D eigenvalue weighted by Gasteiger charge is -2.21. The number of hydrogen-bond donors (Lipinski definition) is 0. The van der Waals surface area contributed by atoms with Gasteiger partial charge in [-0.3, -0.25) is 9.69 Å². The van der Waals surface area contributed by atoms with Crippen LogP contribution in [0.5, 0.6) is 5.75 Å². The van der Waals surface area contributed by atoms with Crippen LogP contribution in [0.4, 0.5) is 4.39 Å². The Morgan fingerprint density at radius 3 is 2.75 bits per heavy atom. The van der Waals surface area contributed by atoms with Crippen LogP contribution in [0.25, 0.3) is 0 Å². The topological polar surface area (TPSA) is 38.8 Å². The van der Waals surface area contributed by atoms with Gasteiger partial charge in [0.2, 0.25) is 0 Å². The molecular weight excluding hydrogens is 261 g/mol. The predicted octanol–water partition coefficient (Wildman–Crippen LogP) is 2.36. The van der Waals surface area contributed by atoms with Gasteiger partial charge >= 0.3 is 5.97 Å². The van der Waals surface area contributed by atoms with Crippen molar-refractivity contribution in [3.8, 4) is 5.75 Å². The van der Waals surface area contributed by atoms with Crippen molar-refractivity contribution in [3.05, 3.63) is 29.6 Å². The summed E-state index contributed by atoms with van der Waals surface area (Å²) in [5.41, 5.74) is 0.571. The highest BCUT2D eigenvalue weighted by Gasteiger charge is 2.31. The maximum absolute atomic E-state index is 13.9. The molecule has 0 N–H and O–H groups in total. The van der Waals surface area contributed by atoms with E-state index in [1.165, 1.54) is 13.2 Å². The molecule has 1 aliphatic rings. The quantitative estimate of drug-likeness (QED) is 0.719. The average Bonchev–Trinajstić information content (AvgIpc) is 3.24. The third-order valence-corrected chi connectivity index (χ3v) is 3.33. The number of carbonyl (C=O) groups excluding carboxylic acids is 1. The molecule has 1 aliphatic carbocycles. The molecular formula is C15H20FNO3. The Bertz CT molecular complexity index is 474. The second-order valence-electron chi connectivity index (χ2n) is 4.90. The van der Waals surface area contributed by atoms with Crippen molar-refractivity contribution in [2.24, 2.45) is 0 Å². The van der Waals surface area contributed by atoms with E-state index in [2.05, 4.69) is 0 Å². The van der Waals surface area contributed by atoms with Crippen LogP contribution in [0, 0.1) is 5.82 Å². The van der Waals surface area contributed by atoms with Gasteiger partial charge in [0.05, 0.1) is 20.3 Å². The van der Waals surface area contributed by atoms with Gasteiger partial charge in [-0.05, 0) is 25.8 Å². The number of benzene rings is 1. The van der Waals surface area contributed by atoms with Crippen LogP contribution in [0.2, 0.25) is 0 Å². The summed E-state index contributed by atoms with van der Waals surface area (Å²) in [6, 6.07) is 5.16. The zero-order valence-electron chi connectivity index (χ0n) is 11.9. The maximum Gasteiger partial charge on any atom is 0.320 e. The molecule has 0 amide bonds. The van der Waals surface area contributed by atoms with E-state index in [1.54, 1.807) is 19.1 Å². The fourth-order valence-electron chi connectivity index (χ4n) is 2.13. The number of ether oxygens (including phenoxy) is 2. The SMILES string of the molecule is CCOC(=O)CN(Cc1ccc(OC)cc1F)C1CC1. The van der Waals surface area contributed by atoms with Crippen LogP contribution in [0.1, 0.15) is 25.3 Å². The molecule has 0 unspecified atom stereocenters. The molecule has 0 aliphatic heterocycles. The summed E-state index contributed by atoms with van der Waals surface area (Å²) in [4.78, 5) is 13.6. The predicted molar refractivity (Wildman–Crippen MR) is 73.0 cm³/mol. The van der Waals surface area contributed by atoms with E-state index >= 15 is 0 Å². The fraction of sp³-hybridized carbons (Fsp3) is 0.533. The molecule has 1 aromatic carbocycles. The van der Waals surface area contributed by atoms with E-state index in [1.807, 2.05) is 4.90 Å². The number of halogens is 1. The van der Waals surface area contributed by atoms with Gasteiger partial charge in [0.25, 0.3) is 0 Å². The lowest BCUT2D eigenvalue weighted by molar-refractivity contribution is -0.144. The minimum absolute atomic E-state index is 0.212. The highest BCUT2D eigenvalue weighted by molar-refractivity contribution is 5.71. The van der Waals surface area contributed by atoms with Gasteiger partial charge in [0.1, 0.15) is 11.6 Å². The fourth-order valence-corrected chi connectivity index (χ4v) is 2.13. The van der Waals surface area contributed by atoms with Crippen molar-refractivity contribution in [2.75, 3.05) is 20.3 Å². The molecule has 110 valence electrons. The first-order valence-electron chi connectivity index (χ1n) is 6.86. The summed E-state index contributed by atoms with van der Waals surface area (Å²) in [7, 11) is 1.51. The average molecular weight is 281 g/mol. The van der Waals surface area contributed by atoms with Gasteiger partial charge in [-0.15, -0.1) is 0 Å². The van der Waals surface area contributed by atoms with Gasteiger partial charge in [-0.1, -0.05) is 6.07 Å². The largest absolute Gasteiger partial charge is 0.497 e. The molecule has 0 heterocycles. The Morgan fingerprint density at radius 1 is 1.45 bits per heavy atom. The summed E-state index contributed by atoms with van der Waals surface area (Å²) in [6.45, 7) is 2.78. The summed E-state index contributed by atoms with van der Waals surface area (Å²) >= 11 is 0. The van der Waals surface area contributed by atoms with Gasteiger partial charge < -0.3 is 9.47 Å². The molecule has 4 nitrogen and oxygen atoms in total. The van der Waals surface area contributed by atoms with Gasteiger partial charge in [-0.25, -0.2) is 4.39 Å². The molecule has 20 heavy (non-hydrogen) atoms. The Labute approximate surface area is 118 Å². The van der Waals surface area contributed by atoms with E-state index in [0.29, 0.717) is 30.5 Å². The van der Waals surface area contributed by atoms with Gasteiger partial charge in [0.15, 0.2) is 0 Å². The van der Waals surface area contributed by atoms with Crippen molar-refractivity contribution < 1.29 is 18.7 Å². The minimum Gasteiger partial charge on any atom is -0.497 e. The molecule has 0 radical (unpaired) electrons. The van der Waals surface area contributed by atoms with Crippen LogP contribution in [-0.2, 0) is 16.1 Å². The van der Waals surface area contributed by atoms with E-state index in [9.17, 15) is 9.18 Å². The zero-order chi connectivity index (χ0) is 14.5. The first kappa shape index (κ1) is 14.8. The van der Waals surface area contributed by atoms with E-state index in [-0.39, 0.29) is 18.3 Å². The first-order chi connectivity index (χ1) is 9.63. The van der Waals surface area contributed by atoms with Crippen molar-refractivity contribution in [1.29, 1.82) is 0 Å². The van der Waals surface area contributed by atoms with Crippen LogP contribution in [-0.4, -0.2) is 37.2 Å². The lowest BCUT2D eigenvalue weighted by Crippen LogP contribution is -2.32. The van der Waals surface area contributed by atoms with Crippen LogP contribution in [0.3, 0.4) is 0 Å². The van der Waals surface area contributed by atoms with E-state index < -0.39 is 0 Å². The lowest BCUT2D eigenvalue weighted by atomic mass is 10.2. The highest BCUT2D eigenvalue weighted by atomic mass is 19.1. The number of nitrogens with zero attached hydrogens (tertiary/aromatic N) is 1. The smallest absolute Gasteiger partial charge is 0.320 e. The third-order valence-electron chi connectivity index (χ3n) is 3.33. The normalized spacial score (nSPS) is 14.4. The Morgan fingerprint density at radius 2 is 2.20 bits per heavy atom. The summed E-state index contributed by atoms with van der Waals surface area (Å²) in [5, 5.41) is 0. The maximum atomic E-state index is 13.9. The second kappa shape index (κ2) is 6.70. The summed E-state index contributed by atoms with van der Waals surface area (Å²) in [6.07, 6.45) is 2.11. The van der Waals surface area contributed by atoms with E-state index in [0.717, 1.165) is 12.8 Å². The van der Waals surface area contributed by atoms with Crippen LogP contribution in [0.15, 0.2) is 18.2 Å². The van der Waals surface area contributed by atoms with Crippen molar-refractivity contribution in [2.45, 2.75) is 32.4 Å². The van der Waals surface area contributed by atoms with Crippen molar-refractivity contribution in [1.82, 2.24) is 4.90 Å². The molecule has 0 atom stereocenters. The monoisotopic (exact) mass is 281 g/mol. The zero-order valence-corrected chi connectivity index (χ0v) is 11.9. The molecule has 1 fully saturated rings. The highest BCUT2D eigenvalue weighted by Crippen LogP contribution is 2.29. The third kappa shape index (κ3) is 3.93. The molecule has 0 saturated heterocycles. The summed E-state index contributed by atoms with van der Waals surface area (Å²) in [5.74, 6) is -0.0678. The van der Waals surface area contributed by atoms with Crippen LogP contribution >= 0.6 is 0 Å². The van der Waals surface area contributed by atoms with Gasteiger partial charge in [-0.2, -0.15) is 0 Å². The minimum atomic E-state index is -0.307. The standard InChI is InChI=1S/C15H20FNO3/c1-3-20-15(18)10-17(12-5-6-12)9-11-4-7-13(19-2)8-14(11)16/h4,7-8,12H,3,5-6,9-10H2,1-2H3. The Hall–Kier alpha value is -1.62. The van der Waals surface area contributed by atoms with Crippen LogP contribution < -0.4 is 4.74 Å². The first-order valence-corrected chi connectivity index (χ1v) is 6.86. The molecule has 0 aromatic heterocycles. The number of esters is 1. The molecule has 1 aromatic rings. The molecule has 2 rings (SSSR count). The molecule has 0 spiro atoms. The Balaban J connectivity index is 2.02. The Kier molecular flexibility index (Phi) is 4.95. The second-order valence-corrected chi connectivity index (χ2v) is 4.90. The number of hydrogen-bond acceptors (Lipinski definition) is 4. The number of rotatable bonds is 7. The number of methoxy groups -OCH3 is 1. The van der Waals surface area contributed by atoms with Crippen molar-refractivity contribution >= 4 is 5.97 Å². The molecule has 1 saturated carbocycles. The number of carbonyl (C=O) groups is 1.